The molecule has 0 aromatic carbocycles. The van der Waals surface area contributed by atoms with Crippen LogP contribution in [0.4, 0.5) is 4.39 Å². The molecule has 0 fully saturated rings. The molecule has 0 bridgehead atoms. The van der Waals surface area contributed by atoms with Gasteiger partial charge in [0.25, 0.3) is 5.56 Å². The summed E-state index contributed by atoms with van der Waals surface area (Å²) in [4.78, 5) is 24.4. The summed E-state index contributed by atoms with van der Waals surface area (Å²) < 4.78 is 18.7. The van der Waals surface area contributed by atoms with Gasteiger partial charge < -0.3 is 14.9 Å². The van der Waals surface area contributed by atoms with Gasteiger partial charge in [-0.2, -0.15) is 0 Å². The second-order valence-corrected chi connectivity index (χ2v) is 4.00. The van der Waals surface area contributed by atoms with E-state index < -0.39 is 36.5 Å². The van der Waals surface area contributed by atoms with Gasteiger partial charge in [0.05, 0.1) is 6.61 Å². The lowest BCUT2D eigenvalue weighted by Gasteiger charge is -2.23. The number of nitrogens with one attached hydrogen (secondary N) is 1. The molecule has 0 aliphatic rings. The van der Waals surface area contributed by atoms with Gasteiger partial charge in [-0.25, -0.2) is 9.18 Å². The van der Waals surface area contributed by atoms with Crippen molar-refractivity contribution in [2.24, 2.45) is 0 Å². The highest BCUT2D eigenvalue weighted by Crippen LogP contribution is 2.14. The Morgan fingerprint density at radius 2 is 2.22 bits per heavy atom. The van der Waals surface area contributed by atoms with Crippen molar-refractivity contribution in [2.75, 3.05) is 11.9 Å². The van der Waals surface area contributed by atoms with E-state index in [9.17, 15) is 14.0 Å². The van der Waals surface area contributed by atoms with Crippen LogP contribution in [0.15, 0.2) is 21.9 Å². The highest BCUT2D eigenvalue weighted by molar-refractivity contribution is 9.09. The number of H-pyrrole nitrogens is 1. The van der Waals surface area contributed by atoms with Crippen molar-refractivity contribution in [1.29, 1.82) is 0 Å². The number of aliphatic hydroxyl groups excluding tert-OH is 2. The Balaban J connectivity index is 2.96. The maximum Gasteiger partial charge on any atom is 0.330 e. The summed E-state index contributed by atoms with van der Waals surface area (Å²) in [6, 6.07) is 1.10. The van der Waals surface area contributed by atoms with Crippen LogP contribution < -0.4 is 11.2 Å². The number of aromatic nitrogens is 2. The van der Waals surface area contributed by atoms with Gasteiger partial charge >= 0.3 is 5.69 Å². The molecule has 9 heteroatoms. The Kier molecular flexibility index (Phi) is 5.66. The standard InChI is InChI=1S/C9H12BrFN2O5/c10-3-7(18-5(4-14)8(11)16)13-2-1-6(15)12-9(13)17/h1-2,5,7-8,14,16H,3-4H2,(H,12,15,17)/t5-,7-,8-/m1/s1. The van der Waals surface area contributed by atoms with Crippen molar-refractivity contribution in [1.82, 2.24) is 9.55 Å². The SMILES string of the molecule is O=c1ccn([C@@H](CBr)O[C@H](CO)[C@@H](O)F)c(=O)[nH]1. The smallest absolute Gasteiger partial charge is 0.330 e. The topological polar surface area (TPSA) is 105 Å². The van der Waals surface area contributed by atoms with E-state index in [1.54, 1.807) is 0 Å². The van der Waals surface area contributed by atoms with Gasteiger partial charge in [0, 0.05) is 17.6 Å². The van der Waals surface area contributed by atoms with Crippen LogP contribution in [-0.2, 0) is 4.74 Å². The third kappa shape index (κ3) is 3.73. The Labute approximate surface area is 109 Å². The molecule has 0 spiro atoms. The lowest BCUT2D eigenvalue weighted by atomic mass is 10.4. The van der Waals surface area contributed by atoms with Gasteiger partial charge in [-0.05, 0) is 0 Å². The first kappa shape index (κ1) is 15.0. The fourth-order valence-electron chi connectivity index (χ4n) is 1.23. The fourth-order valence-corrected chi connectivity index (χ4v) is 1.69. The second kappa shape index (κ2) is 6.78. The molecule has 7 nitrogen and oxygen atoms in total. The predicted octanol–water partition coefficient (Wildman–Crippen LogP) is -0.905. The molecule has 0 aliphatic heterocycles. The minimum Gasteiger partial charge on any atom is -0.393 e. The molecule has 1 aromatic heterocycles. The van der Waals surface area contributed by atoms with Crippen molar-refractivity contribution < 1.29 is 19.3 Å². The van der Waals surface area contributed by atoms with Gasteiger partial charge in [-0.3, -0.25) is 14.3 Å². The van der Waals surface area contributed by atoms with E-state index in [1.807, 2.05) is 4.98 Å². The van der Waals surface area contributed by atoms with Crippen LogP contribution in [0.25, 0.3) is 0 Å². The zero-order valence-corrected chi connectivity index (χ0v) is 10.7. The van der Waals surface area contributed by atoms with Gasteiger partial charge in [0.2, 0.25) is 6.36 Å². The first-order valence-corrected chi connectivity index (χ1v) is 6.07. The van der Waals surface area contributed by atoms with Gasteiger partial charge in [0.15, 0.2) is 0 Å². The number of hydrogen-bond donors (Lipinski definition) is 3. The summed E-state index contributed by atoms with van der Waals surface area (Å²) in [5.74, 6) is 0. The van der Waals surface area contributed by atoms with Crippen molar-refractivity contribution in [2.45, 2.75) is 18.7 Å². The Bertz CT molecular complexity index is 488. The first-order valence-electron chi connectivity index (χ1n) is 4.95. The van der Waals surface area contributed by atoms with E-state index in [1.165, 1.54) is 6.20 Å². The number of hydrogen-bond acceptors (Lipinski definition) is 5. The summed E-state index contributed by atoms with van der Waals surface area (Å²) in [6.07, 6.45) is -3.66. The highest BCUT2D eigenvalue weighted by Gasteiger charge is 2.24. The third-order valence-corrected chi connectivity index (χ3v) is 2.67. The molecule has 1 heterocycles. The third-order valence-electron chi connectivity index (χ3n) is 2.11. The first-order chi connectivity index (χ1) is 8.49. The number of ether oxygens (including phenoxy) is 1. The molecule has 0 aliphatic carbocycles. The summed E-state index contributed by atoms with van der Waals surface area (Å²) in [5, 5.41) is 17.6. The van der Waals surface area contributed by atoms with Crippen LogP contribution in [0, 0.1) is 0 Å². The van der Waals surface area contributed by atoms with Crippen LogP contribution in [0.3, 0.4) is 0 Å². The van der Waals surface area contributed by atoms with Crippen LogP contribution in [0.1, 0.15) is 6.23 Å². The lowest BCUT2D eigenvalue weighted by Crippen LogP contribution is -2.38. The van der Waals surface area contributed by atoms with E-state index in [0.29, 0.717) is 0 Å². The van der Waals surface area contributed by atoms with Crippen LogP contribution in [-0.4, -0.2) is 44.2 Å². The van der Waals surface area contributed by atoms with Crippen molar-refractivity contribution in [3.05, 3.63) is 33.1 Å². The maximum atomic E-state index is 12.7. The Morgan fingerprint density at radius 1 is 1.56 bits per heavy atom. The number of nitrogens with zero attached hydrogens (tertiary/aromatic N) is 1. The summed E-state index contributed by atoms with van der Waals surface area (Å²) in [7, 11) is 0. The Hall–Kier alpha value is -1.03. The quantitative estimate of drug-likeness (QED) is 0.587. The minimum absolute atomic E-state index is 0.0994. The van der Waals surface area contributed by atoms with Gasteiger partial charge in [0.1, 0.15) is 12.3 Å². The largest absolute Gasteiger partial charge is 0.393 e. The number of rotatable bonds is 6. The number of halogens is 2. The Morgan fingerprint density at radius 3 is 2.67 bits per heavy atom. The molecule has 18 heavy (non-hydrogen) atoms. The molecule has 3 N–H and O–H groups in total. The van der Waals surface area contributed by atoms with E-state index in [2.05, 4.69) is 15.9 Å². The van der Waals surface area contributed by atoms with E-state index in [-0.39, 0.29) is 5.33 Å². The fraction of sp³-hybridized carbons (Fsp3) is 0.556. The molecule has 3 atom stereocenters. The lowest BCUT2D eigenvalue weighted by molar-refractivity contribution is -0.154. The zero-order chi connectivity index (χ0) is 13.7. The summed E-state index contributed by atoms with van der Waals surface area (Å²) in [6.45, 7) is -0.751. The van der Waals surface area contributed by atoms with Crippen molar-refractivity contribution in [3.63, 3.8) is 0 Å². The number of aliphatic hydroxyl groups is 2. The number of aromatic amines is 1. The van der Waals surface area contributed by atoms with E-state index in [0.717, 1.165) is 10.6 Å². The second-order valence-electron chi connectivity index (χ2n) is 3.36. The molecule has 0 amide bonds. The van der Waals surface area contributed by atoms with Crippen LogP contribution in [0.5, 0.6) is 0 Å². The molecule has 1 aromatic rings. The van der Waals surface area contributed by atoms with Gasteiger partial charge in [-0.15, -0.1) is 0 Å². The molecule has 0 saturated heterocycles. The maximum absolute atomic E-state index is 12.7. The van der Waals surface area contributed by atoms with Crippen molar-refractivity contribution >= 4 is 15.9 Å². The minimum atomic E-state index is -2.38. The molecule has 0 radical (unpaired) electrons. The van der Waals surface area contributed by atoms with Crippen LogP contribution in [0.2, 0.25) is 0 Å². The zero-order valence-electron chi connectivity index (χ0n) is 9.12. The molecule has 0 saturated carbocycles. The van der Waals surface area contributed by atoms with E-state index >= 15 is 0 Å². The van der Waals surface area contributed by atoms with E-state index in [4.69, 9.17) is 14.9 Å². The number of alkyl halides is 2. The summed E-state index contributed by atoms with van der Waals surface area (Å²) >= 11 is 3.05. The monoisotopic (exact) mass is 326 g/mol. The van der Waals surface area contributed by atoms with Gasteiger partial charge in [-0.1, -0.05) is 15.9 Å². The molecule has 1 rings (SSSR count). The molecule has 0 unspecified atom stereocenters. The van der Waals surface area contributed by atoms with Crippen LogP contribution >= 0.6 is 15.9 Å². The normalized spacial score (nSPS) is 16.2. The predicted molar refractivity (Wildman–Crippen MR) is 63.2 cm³/mol. The highest BCUT2D eigenvalue weighted by atomic mass is 79.9. The van der Waals surface area contributed by atoms with Crippen molar-refractivity contribution in [3.8, 4) is 0 Å². The molecule has 102 valence electrons. The summed E-state index contributed by atoms with van der Waals surface area (Å²) in [5.41, 5.74) is -1.31. The molecular formula is C9H12BrFN2O5. The molecular weight excluding hydrogens is 315 g/mol. The average molecular weight is 327 g/mol. The average Bonchev–Trinajstić information content (AvgIpc) is 2.31.